The molecule has 0 bridgehead atoms. The van der Waals surface area contributed by atoms with Crippen molar-refractivity contribution in [3.05, 3.63) is 327 Å². The van der Waals surface area contributed by atoms with Gasteiger partial charge in [-0.05, 0) is 107 Å². The number of fused-ring (bicyclic) bond motifs is 6. The summed E-state index contributed by atoms with van der Waals surface area (Å²) in [4.78, 5) is 24.4. The monoisotopic (exact) mass is 1410 g/mol. The molecule has 10 aromatic carbocycles. The van der Waals surface area contributed by atoms with Gasteiger partial charge in [0, 0.05) is 16.7 Å². The zero-order valence-electron chi connectivity index (χ0n) is 53.7. The zero-order valence-corrected chi connectivity index (χ0v) is 51.4. The molecule has 2 aliphatic carbocycles. The molecule has 1 unspecified atom stereocenters. The molecule has 2 heterocycles. The molecule has 1 atom stereocenters. The number of aromatic nitrogens is 6. The minimum atomic E-state index is -1.52. The Morgan fingerprint density at radius 1 is 0.357 bits per heavy atom. The molecule has 2 aliphatic rings. The second-order valence-corrected chi connectivity index (χ2v) is 19.4. The summed E-state index contributed by atoms with van der Waals surface area (Å²) in [5, 5.41) is 19.6. The Hall–Kier alpha value is -7.08. The fourth-order valence-electron chi connectivity index (χ4n) is 11.2. The molecule has 14 rings (SSSR count). The van der Waals surface area contributed by atoms with Crippen LogP contribution in [0.2, 0.25) is 15.9 Å². The maximum Gasteiger partial charge on any atom is 0.489 e. The number of hydrogen-bond acceptors (Lipinski definition) is 9. The summed E-state index contributed by atoms with van der Waals surface area (Å²) in [5.41, 5.74) is 12.7. The van der Waals surface area contributed by atoms with Gasteiger partial charge in [-0.2, -0.15) is 24.9 Å². The van der Waals surface area contributed by atoms with Crippen molar-refractivity contribution in [3.8, 4) is 56.4 Å². The van der Waals surface area contributed by atoms with Gasteiger partial charge >= 0.3 is 7.12 Å². The molecule has 0 saturated heterocycles. The first-order valence-corrected chi connectivity index (χ1v) is 31.8. The molecule has 2 aromatic heterocycles. The van der Waals surface area contributed by atoms with Crippen molar-refractivity contribution in [1.29, 1.82) is 0 Å². The standard InChI is InChI=1S/C34H22ClN3.C25H19BO2.C9H5Cl2N3.HIO.H2IP/c35-33-37-31(23-13-4-1-5-14-23)36-32(38-33)27-20-12-22-29-30(27)26-19-10-11-21-28(26)34(29,24-15-6-2-7-16-24)25-17-8-3-9-18-25;27-26(28)23-17-9-16-22-24(23)20-14-7-8-15-21(20)25(22,18-10-3-1-4-11-18)19-12-5-2-6-13-19;10-8-12-7(13-9(11)14-8)6-4-2-1-3-5-6;2*1-2/h1-22H;1-17,27-28H;1-5H;2H;2H2/i1D,4D,5D,13D,14D;;1D,2D,3D,4D,5D;;. The predicted octanol–water partition coefficient (Wildman–Crippen LogP) is 16.3. The minimum Gasteiger partial charge on any atom is -0.423 e. The third kappa shape index (κ3) is 11.7. The van der Waals surface area contributed by atoms with Crippen molar-refractivity contribution in [2.24, 2.45) is 0 Å². The van der Waals surface area contributed by atoms with E-state index < -0.39 is 78.4 Å². The number of halogens is 5. The van der Waals surface area contributed by atoms with Gasteiger partial charge in [-0.25, -0.2) is 4.98 Å². The highest BCUT2D eigenvalue weighted by Gasteiger charge is 2.48. The lowest BCUT2D eigenvalue weighted by Gasteiger charge is -2.33. The highest BCUT2D eigenvalue weighted by Crippen LogP contribution is 2.58. The van der Waals surface area contributed by atoms with Crippen molar-refractivity contribution in [2.45, 2.75) is 10.8 Å². The van der Waals surface area contributed by atoms with Crippen molar-refractivity contribution in [1.82, 2.24) is 29.9 Å². The lowest BCUT2D eigenvalue weighted by Crippen LogP contribution is -2.33. The SMILES string of the molecule is OB(O)c1cccc2c1-c1ccccc1C2(c1ccccc1)c1ccccc1.OI.PI.[2H]c1c([2H])c([2H])c(-c2nc(Cl)nc(-c3cccc4c3-c3ccccc3C4(c3ccccc3)c3ccccc3)n2)c([2H])c1[2H].[2H]c1c([2H])c([2H])c(-c2nc(Cl)nc(Cl)n2)c([2H])c1[2H]. The van der Waals surface area contributed by atoms with E-state index in [1.807, 2.05) is 84.9 Å². The second kappa shape index (κ2) is 27.8. The number of benzene rings is 10. The summed E-state index contributed by atoms with van der Waals surface area (Å²) >= 11 is 20.9. The van der Waals surface area contributed by atoms with Crippen LogP contribution in [0.5, 0.6) is 0 Å². The van der Waals surface area contributed by atoms with Crippen LogP contribution in [0.3, 0.4) is 0 Å². The molecule has 3 N–H and O–H groups in total. The molecule has 16 heteroatoms. The maximum absolute atomic E-state index is 10.1. The van der Waals surface area contributed by atoms with Gasteiger partial charge in [0.05, 0.1) is 24.5 Å². The van der Waals surface area contributed by atoms with E-state index in [0.29, 0.717) is 11.0 Å². The number of hydrogen-bond donors (Lipinski definition) is 3. The summed E-state index contributed by atoms with van der Waals surface area (Å²) in [7, 11) is -1.52. The molecule has 0 spiro atoms. The Balaban J connectivity index is 0.000000162. The average molecular weight is 1410 g/mol. The maximum atomic E-state index is 10.1. The smallest absolute Gasteiger partial charge is 0.423 e. The van der Waals surface area contributed by atoms with Crippen molar-refractivity contribution >= 4 is 99.3 Å². The number of nitrogens with zero attached hydrogens (tertiary/aromatic N) is 6. The highest BCUT2D eigenvalue weighted by molar-refractivity contribution is 14.2. The van der Waals surface area contributed by atoms with Crippen LogP contribution in [0.25, 0.3) is 56.4 Å². The third-order valence-electron chi connectivity index (χ3n) is 14.2. The van der Waals surface area contributed by atoms with Crippen LogP contribution in [0.4, 0.5) is 0 Å². The van der Waals surface area contributed by atoms with Crippen LogP contribution < -0.4 is 5.46 Å². The van der Waals surface area contributed by atoms with Crippen LogP contribution in [-0.2, 0) is 10.8 Å². The van der Waals surface area contributed by atoms with Gasteiger partial charge in [0.25, 0.3) is 0 Å². The zero-order chi connectivity index (χ0) is 67.3. The summed E-state index contributed by atoms with van der Waals surface area (Å²) in [6.07, 6.45) is 0. The van der Waals surface area contributed by atoms with Gasteiger partial charge in [0.1, 0.15) is 23.0 Å². The van der Waals surface area contributed by atoms with E-state index in [2.05, 4.69) is 174 Å². The molecule has 9 nitrogen and oxygen atoms in total. The van der Waals surface area contributed by atoms with Gasteiger partial charge in [-0.1, -0.05) is 296 Å². The van der Waals surface area contributed by atoms with Crippen molar-refractivity contribution < 1.29 is 27.2 Å². The molecule has 84 heavy (non-hydrogen) atoms. The topological polar surface area (TPSA) is 138 Å². The Bertz CT molecular complexity index is 4650. The van der Waals surface area contributed by atoms with Crippen LogP contribution in [-0.4, -0.2) is 50.5 Å². The summed E-state index contributed by atoms with van der Waals surface area (Å²) in [6.45, 7) is 2.39. The average Bonchev–Trinajstić information content (AvgIpc) is 1.54. The lowest BCUT2D eigenvalue weighted by molar-refractivity contribution is 0.426. The molecule has 0 aliphatic heterocycles. The van der Waals surface area contributed by atoms with Crippen LogP contribution in [0.15, 0.2) is 267 Å². The molecule has 12 aromatic rings. The number of rotatable bonds is 8. The van der Waals surface area contributed by atoms with Gasteiger partial charge in [-0.15, -0.1) is 0 Å². The minimum absolute atomic E-state index is 0.0896. The largest absolute Gasteiger partial charge is 0.489 e. The predicted molar refractivity (Wildman–Crippen MR) is 362 cm³/mol. The molecule has 0 fully saturated rings. The van der Waals surface area contributed by atoms with E-state index in [0.717, 1.165) is 89.8 Å². The third-order valence-corrected chi connectivity index (χ3v) is 14.7. The Morgan fingerprint density at radius 2 is 0.679 bits per heavy atom. The fourth-order valence-corrected chi connectivity index (χ4v) is 11.7. The normalized spacial score (nSPS) is 14.0. The van der Waals surface area contributed by atoms with E-state index in [9.17, 15) is 10.0 Å². The van der Waals surface area contributed by atoms with Gasteiger partial charge in [0.15, 0.2) is 17.5 Å². The first kappa shape index (κ1) is 48.2. The summed E-state index contributed by atoms with van der Waals surface area (Å²) in [6, 6.07) is 65.5. The Morgan fingerprint density at radius 3 is 1.11 bits per heavy atom. The van der Waals surface area contributed by atoms with E-state index in [-0.39, 0.29) is 44.5 Å². The first-order valence-electron chi connectivity index (χ1n) is 30.5. The molecular weight excluding hydrogens is 1350 g/mol. The van der Waals surface area contributed by atoms with E-state index in [1.165, 1.54) is 0 Å². The quantitative estimate of drug-likeness (QED) is 0.0771. The van der Waals surface area contributed by atoms with Gasteiger partial charge < -0.3 is 13.5 Å². The van der Waals surface area contributed by atoms with Crippen LogP contribution in [0, 0.1) is 0 Å². The molecule has 0 amide bonds. The van der Waals surface area contributed by atoms with Crippen LogP contribution >= 0.6 is 86.7 Å². The molecule has 0 saturated carbocycles. The van der Waals surface area contributed by atoms with Gasteiger partial charge in [0.2, 0.25) is 15.9 Å². The van der Waals surface area contributed by atoms with Crippen LogP contribution in [0.1, 0.15) is 58.2 Å². The summed E-state index contributed by atoms with van der Waals surface area (Å²) < 4.78 is 86.2. The van der Waals surface area contributed by atoms with Crippen molar-refractivity contribution in [3.63, 3.8) is 0 Å². The summed E-state index contributed by atoms with van der Waals surface area (Å²) in [5.74, 6) is -0.0133. The highest BCUT2D eigenvalue weighted by atomic mass is 127. The van der Waals surface area contributed by atoms with E-state index in [1.54, 1.807) is 6.07 Å². The second-order valence-electron chi connectivity index (χ2n) is 18.4. The fraction of sp³-hybridized carbons (Fsp3) is 0.0294. The van der Waals surface area contributed by atoms with Crippen molar-refractivity contribution in [2.75, 3.05) is 0 Å². The Kier molecular flexibility index (Phi) is 15.9. The molecular formula is C68H49BCl3I2N6O3P. The van der Waals surface area contributed by atoms with E-state index >= 15 is 0 Å². The molecule has 412 valence electrons. The first-order chi connectivity index (χ1) is 45.4. The Labute approximate surface area is 546 Å². The van der Waals surface area contributed by atoms with Gasteiger partial charge in [-0.3, -0.25) is 0 Å². The van der Waals surface area contributed by atoms with E-state index in [4.69, 9.17) is 51.9 Å². The molecule has 0 radical (unpaired) electrons. The lowest BCUT2D eigenvalue weighted by atomic mass is 9.66.